The SMILES string of the molecule is CNC(=O)N1CCCc2cc(Nc3nc(Nc4ccc(C)c(S(N)(=O)=O)c4)ncc3F)ccc21. The molecule has 2 heterocycles. The molecule has 5 N–H and O–H groups in total. The molecule has 4 rings (SSSR count). The number of aromatic nitrogens is 2. The highest BCUT2D eigenvalue weighted by molar-refractivity contribution is 7.89. The van der Waals surface area contributed by atoms with Gasteiger partial charge in [-0.05, 0) is 61.2 Å². The second-order valence-electron chi connectivity index (χ2n) is 7.82. The molecule has 0 radical (unpaired) electrons. The van der Waals surface area contributed by atoms with E-state index < -0.39 is 15.8 Å². The van der Waals surface area contributed by atoms with Crippen molar-refractivity contribution in [1.82, 2.24) is 15.3 Å². The van der Waals surface area contributed by atoms with Crippen LogP contribution in [0.15, 0.2) is 47.5 Å². The molecule has 2 aromatic carbocycles. The van der Waals surface area contributed by atoms with E-state index in [-0.39, 0.29) is 22.7 Å². The summed E-state index contributed by atoms with van der Waals surface area (Å²) in [7, 11) is -2.32. The third-order valence-corrected chi connectivity index (χ3v) is 6.47. The first-order valence-corrected chi connectivity index (χ1v) is 12.0. The lowest BCUT2D eigenvalue weighted by Gasteiger charge is -2.29. The Balaban J connectivity index is 1.58. The largest absolute Gasteiger partial charge is 0.341 e. The van der Waals surface area contributed by atoms with Gasteiger partial charge in [0, 0.05) is 30.7 Å². The lowest BCUT2D eigenvalue weighted by Crippen LogP contribution is -2.41. The maximum Gasteiger partial charge on any atom is 0.321 e. The molecular formula is C22H24FN7O3S. The summed E-state index contributed by atoms with van der Waals surface area (Å²) in [5, 5.41) is 13.7. The number of hydrogen-bond donors (Lipinski definition) is 4. The van der Waals surface area contributed by atoms with Gasteiger partial charge in [0.05, 0.1) is 11.1 Å². The third-order valence-electron chi connectivity index (χ3n) is 5.41. The number of benzene rings is 2. The minimum absolute atomic E-state index is 0.0298. The summed E-state index contributed by atoms with van der Waals surface area (Å²) in [5.74, 6) is -0.656. The first kappa shape index (κ1) is 23.4. The van der Waals surface area contributed by atoms with Crippen LogP contribution < -0.4 is 26.0 Å². The van der Waals surface area contributed by atoms with Gasteiger partial charge >= 0.3 is 6.03 Å². The Labute approximate surface area is 196 Å². The molecule has 1 aliphatic rings. The second kappa shape index (κ2) is 9.23. The number of aryl methyl sites for hydroxylation is 2. The van der Waals surface area contributed by atoms with Crippen molar-refractivity contribution in [2.24, 2.45) is 5.14 Å². The van der Waals surface area contributed by atoms with Crippen molar-refractivity contribution >= 4 is 44.9 Å². The van der Waals surface area contributed by atoms with Crippen molar-refractivity contribution < 1.29 is 17.6 Å². The number of primary sulfonamides is 1. The zero-order valence-electron chi connectivity index (χ0n) is 18.6. The first-order chi connectivity index (χ1) is 16.2. The van der Waals surface area contributed by atoms with E-state index in [0.717, 1.165) is 30.3 Å². The first-order valence-electron chi connectivity index (χ1n) is 10.5. The molecule has 2 amide bonds. The number of sulfonamides is 1. The predicted molar refractivity (Wildman–Crippen MR) is 128 cm³/mol. The average molecular weight is 486 g/mol. The van der Waals surface area contributed by atoms with Gasteiger partial charge in [-0.2, -0.15) is 4.98 Å². The number of rotatable bonds is 5. The summed E-state index contributed by atoms with van der Waals surface area (Å²) in [6, 6.07) is 9.84. The van der Waals surface area contributed by atoms with Crippen molar-refractivity contribution in [3.8, 4) is 0 Å². The molecule has 0 bridgehead atoms. The number of fused-ring (bicyclic) bond motifs is 1. The zero-order valence-corrected chi connectivity index (χ0v) is 19.4. The Hall–Kier alpha value is -3.77. The predicted octanol–water partition coefficient (Wildman–Crippen LogP) is 3.15. The van der Waals surface area contributed by atoms with Crippen LogP contribution in [0.1, 0.15) is 17.5 Å². The molecule has 0 fully saturated rings. The zero-order chi connectivity index (χ0) is 24.5. The summed E-state index contributed by atoms with van der Waals surface area (Å²) in [6.45, 7) is 2.26. The van der Waals surface area contributed by atoms with Gasteiger partial charge in [-0.3, -0.25) is 4.90 Å². The summed E-state index contributed by atoms with van der Waals surface area (Å²) in [4.78, 5) is 21.9. The third kappa shape index (κ3) is 4.92. The van der Waals surface area contributed by atoms with Crippen LogP contribution >= 0.6 is 0 Å². The molecule has 0 saturated heterocycles. The fourth-order valence-corrected chi connectivity index (χ4v) is 4.59. The van der Waals surface area contributed by atoms with Crippen molar-refractivity contribution in [1.29, 1.82) is 0 Å². The van der Waals surface area contributed by atoms with Crippen LogP contribution in [-0.4, -0.2) is 38.0 Å². The molecule has 178 valence electrons. The van der Waals surface area contributed by atoms with Gasteiger partial charge in [0.15, 0.2) is 11.6 Å². The van der Waals surface area contributed by atoms with Gasteiger partial charge in [0.1, 0.15) is 0 Å². The number of carbonyl (C=O) groups excluding carboxylic acids is 1. The minimum atomic E-state index is -3.90. The van der Waals surface area contributed by atoms with E-state index in [2.05, 4.69) is 25.9 Å². The molecule has 12 heteroatoms. The van der Waals surface area contributed by atoms with Crippen molar-refractivity contribution in [3.63, 3.8) is 0 Å². The van der Waals surface area contributed by atoms with E-state index in [0.29, 0.717) is 23.5 Å². The second-order valence-corrected chi connectivity index (χ2v) is 9.35. The standard InChI is InChI=1S/C22H24FN7O3S/c1-13-5-6-16(11-19(13)34(24,32)33)28-21-26-12-17(23)20(29-21)27-15-7-8-18-14(10-15)4-3-9-30(18)22(31)25-2/h5-8,10-12H,3-4,9H2,1-2H3,(H,25,31)(H2,24,32,33)(H2,26,27,28,29). The Morgan fingerprint density at radius 2 is 1.88 bits per heavy atom. The van der Waals surface area contributed by atoms with Crippen LogP contribution in [0.5, 0.6) is 0 Å². The Morgan fingerprint density at radius 1 is 1.15 bits per heavy atom. The average Bonchev–Trinajstić information content (AvgIpc) is 2.80. The number of halogens is 1. The highest BCUT2D eigenvalue weighted by atomic mass is 32.2. The van der Waals surface area contributed by atoms with Crippen molar-refractivity contribution in [2.75, 3.05) is 29.1 Å². The van der Waals surface area contributed by atoms with Crippen LogP contribution in [-0.2, 0) is 16.4 Å². The van der Waals surface area contributed by atoms with E-state index in [1.54, 1.807) is 37.1 Å². The maximum atomic E-state index is 14.4. The highest BCUT2D eigenvalue weighted by Gasteiger charge is 2.22. The Kier molecular flexibility index (Phi) is 6.35. The van der Waals surface area contributed by atoms with Gasteiger partial charge in [-0.1, -0.05) is 6.07 Å². The fraction of sp³-hybridized carbons (Fsp3) is 0.227. The van der Waals surface area contributed by atoms with E-state index >= 15 is 0 Å². The molecule has 0 aliphatic carbocycles. The summed E-state index contributed by atoms with van der Waals surface area (Å²) in [6.07, 6.45) is 2.62. The fourth-order valence-electron chi connectivity index (χ4n) is 3.79. The number of carbonyl (C=O) groups is 1. The van der Waals surface area contributed by atoms with Crippen molar-refractivity contribution in [2.45, 2.75) is 24.7 Å². The summed E-state index contributed by atoms with van der Waals surface area (Å²) in [5.41, 5.74) is 3.26. The van der Waals surface area contributed by atoms with Crippen LogP contribution in [0.3, 0.4) is 0 Å². The number of nitrogens with two attached hydrogens (primary N) is 1. The molecule has 1 aliphatic heterocycles. The van der Waals surface area contributed by atoms with Crippen LogP contribution in [0.2, 0.25) is 0 Å². The number of urea groups is 1. The Bertz CT molecular complexity index is 1360. The van der Waals surface area contributed by atoms with Crippen LogP contribution in [0, 0.1) is 12.7 Å². The molecule has 3 aromatic rings. The van der Waals surface area contributed by atoms with E-state index in [1.165, 1.54) is 6.07 Å². The van der Waals surface area contributed by atoms with Gasteiger partial charge in [0.25, 0.3) is 0 Å². The molecular weight excluding hydrogens is 461 g/mol. The molecule has 34 heavy (non-hydrogen) atoms. The molecule has 1 aromatic heterocycles. The lowest BCUT2D eigenvalue weighted by molar-refractivity contribution is 0.247. The Morgan fingerprint density at radius 3 is 2.62 bits per heavy atom. The van der Waals surface area contributed by atoms with Gasteiger partial charge in [0.2, 0.25) is 16.0 Å². The number of hydrogen-bond acceptors (Lipinski definition) is 7. The molecule has 0 spiro atoms. The quantitative estimate of drug-likeness (QED) is 0.435. The van der Waals surface area contributed by atoms with Crippen molar-refractivity contribution in [3.05, 3.63) is 59.5 Å². The van der Waals surface area contributed by atoms with Gasteiger partial charge < -0.3 is 16.0 Å². The van der Waals surface area contributed by atoms with Crippen LogP contribution in [0.25, 0.3) is 0 Å². The number of amides is 2. The highest BCUT2D eigenvalue weighted by Crippen LogP contribution is 2.31. The number of anilines is 5. The van der Waals surface area contributed by atoms with Gasteiger partial charge in [-0.25, -0.2) is 27.7 Å². The van der Waals surface area contributed by atoms with E-state index in [9.17, 15) is 17.6 Å². The summed E-state index contributed by atoms with van der Waals surface area (Å²) >= 11 is 0. The van der Waals surface area contributed by atoms with E-state index in [4.69, 9.17) is 5.14 Å². The summed E-state index contributed by atoms with van der Waals surface area (Å²) < 4.78 is 38.0. The number of nitrogens with zero attached hydrogens (tertiary/aromatic N) is 3. The van der Waals surface area contributed by atoms with Gasteiger partial charge in [-0.15, -0.1) is 0 Å². The maximum absolute atomic E-state index is 14.4. The molecule has 10 nitrogen and oxygen atoms in total. The molecule has 0 saturated carbocycles. The topological polar surface area (TPSA) is 142 Å². The monoisotopic (exact) mass is 485 g/mol. The van der Waals surface area contributed by atoms with Crippen LogP contribution in [0.4, 0.5) is 38.0 Å². The molecule has 0 unspecified atom stereocenters. The number of nitrogens with one attached hydrogen (secondary N) is 3. The minimum Gasteiger partial charge on any atom is -0.341 e. The normalized spacial score (nSPS) is 13.2. The lowest BCUT2D eigenvalue weighted by atomic mass is 10.0. The molecule has 0 atom stereocenters. The van der Waals surface area contributed by atoms with E-state index in [1.807, 2.05) is 12.1 Å². The smallest absolute Gasteiger partial charge is 0.321 e.